The summed E-state index contributed by atoms with van der Waals surface area (Å²) >= 11 is 0. The average Bonchev–Trinajstić information content (AvgIpc) is 3.08. The topological polar surface area (TPSA) is 57.7 Å². The number of rotatable bonds is 5. The third-order valence-corrected chi connectivity index (χ3v) is 8.01. The van der Waals surface area contributed by atoms with Crippen molar-refractivity contribution in [2.75, 3.05) is 11.4 Å². The van der Waals surface area contributed by atoms with Crippen LogP contribution in [-0.4, -0.2) is 37.3 Å². The number of hydrogen-bond acceptors (Lipinski definition) is 3. The number of anilines is 1. The van der Waals surface area contributed by atoms with Gasteiger partial charge in [-0.1, -0.05) is 55.7 Å². The van der Waals surface area contributed by atoms with Crippen molar-refractivity contribution in [2.24, 2.45) is 0 Å². The van der Waals surface area contributed by atoms with E-state index >= 15 is 0 Å². The number of para-hydroxylation sites is 1. The van der Waals surface area contributed by atoms with Crippen molar-refractivity contribution in [3.05, 3.63) is 60.2 Å². The van der Waals surface area contributed by atoms with E-state index in [1.807, 2.05) is 31.2 Å². The Morgan fingerprint density at radius 3 is 2.38 bits per heavy atom. The Morgan fingerprint density at radius 2 is 1.66 bits per heavy atom. The fraction of sp³-hybridized carbons (Fsp3) is 0.435. The highest BCUT2D eigenvalue weighted by atomic mass is 32.2. The molecule has 0 aromatic heterocycles. The molecule has 29 heavy (non-hydrogen) atoms. The zero-order chi connectivity index (χ0) is 20.4. The van der Waals surface area contributed by atoms with Crippen LogP contribution in [0.25, 0.3) is 0 Å². The normalized spacial score (nSPS) is 20.1. The van der Waals surface area contributed by atoms with E-state index in [-0.39, 0.29) is 29.4 Å². The number of sulfonamides is 1. The minimum Gasteiger partial charge on any atom is -0.308 e. The maximum Gasteiger partial charge on any atom is 0.243 e. The summed E-state index contributed by atoms with van der Waals surface area (Å²) in [4.78, 5) is 15.4. The molecule has 1 aliphatic heterocycles. The van der Waals surface area contributed by atoms with Gasteiger partial charge in [-0.2, -0.15) is 4.31 Å². The largest absolute Gasteiger partial charge is 0.308 e. The number of hydrogen-bond donors (Lipinski definition) is 0. The molecule has 1 fully saturated rings. The zero-order valence-electron chi connectivity index (χ0n) is 16.8. The molecule has 4 rings (SSSR count). The first kappa shape index (κ1) is 20.1. The van der Waals surface area contributed by atoms with Gasteiger partial charge < -0.3 is 4.90 Å². The van der Waals surface area contributed by atoms with Gasteiger partial charge in [0.05, 0.1) is 11.4 Å². The smallest absolute Gasteiger partial charge is 0.243 e. The van der Waals surface area contributed by atoms with E-state index in [0.29, 0.717) is 0 Å². The summed E-state index contributed by atoms with van der Waals surface area (Å²) < 4.78 is 28.4. The highest BCUT2D eigenvalue weighted by molar-refractivity contribution is 7.89. The maximum absolute atomic E-state index is 13.5. The standard InChI is InChI=1S/C23H28N2O3S/c1-18-16-19-10-8-9-15-22(19)25(18)23(26)17-24(20-11-4-2-5-12-20)29(27,28)21-13-6-3-7-14-21/h3,6-10,13-15,18,20H,2,4-5,11-12,16-17H2,1H3/t18-/m0/s1. The number of carbonyl (C=O) groups excluding carboxylic acids is 1. The Kier molecular flexibility index (Phi) is 5.74. The van der Waals surface area contributed by atoms with Gasteiger partial charge in [-0.3, -0.25) is 4.79 Å². The van der Waals surface area contributed by atoms with Gasteiger partial charge >= 0.3 is 0 Å². The molecular weight excluding hydrogens is 384 g/mol. The summed E-state index contributed by atoms with van der Waals surface area (Å²) in [6.07, 6.45) is 5.55. The number of fused-ring (bicyclic) bond motifs is 1. The number of benzene rings is 2. The van der Waals surface area contributed by atoms with Gasteiger partial charge in [0.15, 0.2) is 0 Å². The summed E-state index contributed by atoms with van der Waals surface area (Å²) in [5.41, 5.74) is 2.05. The Balaban J connectivity index is 1.65. The summed E-state index contributed by atoms with van der Waals surface area (Å²) in [5, 5.41) is 0. The molecule has 2 aliphatic rings. The molecule has 1 saturated carbocycles. The van der Waals surface area contributed by atoms with Crippen LogP contribution in [0.1, 0.15) is 44.6 Å². The first-order valence-corrected chi connectivity index (χ1v) is 11.9. The highest BCUT2D eigenvalue weighted by Gasteiger charge is 2.37. The van der Waals surface area contributed by atoms with E-state index in [9.17, 15) is 13.2 Å². The van der Waals surface area contributed by atoms with Crippen LogP contribution in [0.15, 0.2) is 59.5 Å². The van der Waals surface area contributed by atoms with Crippen molar-refractivity contribution in [1.82, 2.24) is 4.31 Å². The molecular formula is C23H28N2O3S. The van der Waals surface area contributed by atoms with Gasteiger partial charge in [0, 0.05) is 17.8 Å². The molecule has 2 aromatic rings. The third kappa shape index (κ3) is 3.96. The lowest BCUT2D eigenvalue weighted by molar-refractivity contribution is -0.119. The quantitative estimate of drug-likeness (QED) is 0.746. The van der Waals surface area contributed by atoms with E-state index in [1.54, 1.807) is 35.2 Å². The van der Waals surface area contributed by atoms with Crippen LogP contribution in [-0.2, 0) is 21.2 Å². The lowest BCUT2D eigenvalue weighted by atomic mass is 9.95. The van der Waals surface area contributed by atoms with Crippen molar-refractivity contribution >= 4 is 21.6 Å². The predicted octanol–water partition coefficient (Wildman–Crippen LogP) is 3.99. The second-order valence-corrected chi connectivity index (χ2v) is 9.99. The maximum atomic E-state index is 13.5. The zero-order valence-corrected chi connectivity index (χ0v) is 17.6. The van der Waals surface area contributed by atoms with Crippen molar-refractivity contribution in [3.8, 4) is 0 Å². The van der Waals surface area contributed by atoms with Crippen LogP contribution in [0.4, 0.5) is 5.69 Å². The lowest BCUT2D eigenvalue weighted by Crippen LogP contribution is -2.49. The Labute approximate surface area is 173 Å². The van der Waals surface area contributed by atoms with Gasteiger partial charge in [-0.25, -0.2) is 8.42 Å². The molecule has 1 heterocycles. The molecule has 1 atom stereocenters. The van der Waals surface area contributed by atoms with Gasteiger partial charge in [0.25, 0.3) is 0 Å². The molecule has 6 heteroatoms. The Bertz CT molecular complexity index is 969. The molecule has 5 nitrogen and oxygen atoms in total. The predicted molar refractivity (Wildman–Crippen MR) is 114 cm³/mol. The summed E-state index contributed by atoms with van der Waals surface area (Å²) in [6.45, 7) is 1.91. The minimum atomic E-state index is -3.73. The second kappa shape index (κ2) is 8.28. The van der Waals surface area contributed by atoms with Crippen LogP contribution < -0.4 is 4.90 Å². The van der Waals surface area contributed by atoms with Crippen molar-refractivity contribution in [1.29, 1.82) is 0 Å². The average molecular weight is 413 g/mol. The summed E-state index contributed by atoms with van der Waals surface area (Å²) in [7, 11) is -3.73. The van der Waals surface area contributed by atoms with Crippen LogP contribution in [0.5, 0.6) is 0 Å². The van der Waals surface area contributed by atoms with Crippen LogP contribution in [0.3, 0.4) is 0 Å². The molecule has 0 unspecified atom stereocenters. The van der Waals surface area contributed by atoms with Crippen LogP contribution in [0, 0.1) is 0 Å². The molecule has 0 spiro atoms. The molecule has 2 aromatic carbocycles. The first-order chi connectivity index (χ1) is 14.0. The number of amides is 1. The summed E-state index contributed by atoms with van der Waals surface area (Å²) in [5.74, 6) is -0.146. The molecule has 1 aliphatic carbocycles. The minimum absolute atomic E-state index is 0.0348. The molecule has 1 amide bonds. The summed E-state index contributed by atoms with van der Waals surface area (Å²) in [6, 6.07) is 16.3. The molecule has 0 N–H and O–H groups in total. The van der Waals surface area contributed by atoms with Crippen molar-refractivity contribution < 1.29 is 13.2 Å². The fourth-order valence-corrected chi connectivity index (χ4v) is 6.32. The fourth-order valence-electron chi connectivity index (χ4n) is 4.66. The van der Waals surface area contributed by atoms with Crippen molar-refractivity contribution in [3.63, 3.8) is 0 Å². The second-order valence-electron chi connectivity index (χ2n) is 8.10. The van der Waals surface area contributed by atoms with E-state index < -0.39 is 10.0 Å². The Morgan fingerprint density at radius 1 is 1.00 bits per heavy atom. The number of nitrogens with zero attached hydrogens (tertiary/aromatic N) is 2. The molecule has 0 radical (unpaired) electrons. The van der Waals surface area contributed by atoms with Gasteiger partial charge in [0.2, 0.25) is 15.9 Å². The van der Waals surface area contributed by atoms with Crippen molar-refractivity contribution in [2.45, 2.75) is 62.4 Å². The molecule has 0 bridgehead atoms. The SMILES string of the molecule is C[C@H]1Cc2ccccc2N1C(=O)CN(C1CCCCC1)S(=O)(=O)c1ccccc1. The Hall–Kier alpha value is -2.18. The van der Waals surface area contributed by atoms with Gasteiger partial charge in [-0.15, -0.1) is 0 Å². The number of carbonyl (C=O) groups is 1. The third-order valence-electron chi connectivity index (χ3n) is 6.10. The van der Waals surface area contributed by atoms with Gasteiger partial charge in [0.1, 0.15) is 0 Å². The van der Waals surface area contributed by atoms with Crippen LogP contribution in [0.2, 0.25) is 0 Å². The molecule has 154 valence electrons. The molecule has 0 saturated heterocycles. The van der Waals surface area contributed by atoms with E-state index in [1.165, 1.54) is 4.31 Å². The van der Waals surface area contributed by atoms with E-state index in [0.717, 1.165) is 49.8 Å². The van der Waals surface area contributed by atoms with E-state index in [2.05, 4.69) is 0 Å². The van der Waals surface area contributed by atoms with Gasteiger partial charge in [-0.05, 0) is 49.9 Å². The first-order valence-electron chi connectivity index (χ1n) is 10.5. The highest BCUT2D eigenvalue weighted by Crippen LogP contribution is 2.33. The van der Waals surface area contributed by atoms with Crippen LogP contribution >= 0.6 is 0 Å². The lowest BCUT2D eigenvalue weighted by Gasteiger charge is -2.34. The van der Waals surface area contributed by atoms with E-state index in [4.69, 9.17) is 0 Å². The monoisotopic (exact) mass is 412 g/mol.